The van der Waals surface area contributed by atoms with E-state index in [1.807, 2.05) is 36.4 Å². The van der Waals surface area contributed by atoms with Crippen molar-refractivity contribution in [2.24, 2.45) is 0 Å². The van der Waals surface area contributed by atoms with Gasteiger partial charge in [0.15, 0.2) is 0 Å². The highest BCUT2D eigenvalue weighted by atomic mass is 16.5. The first-order valence-electron chi connectivity index (χ1n) is 6.98. The van der Waals surface area contributed by atoms with Gasteiger partial charge in [-0.2, -0.15) is 0 Å². The molecule has 0 saturated carbocycles. The van der Waals surface area contributed by atoms with Crippen molar-refractivity contribution in [3.8, 4) is 5.75 Å². The van der Waals surface area contributed by atoms with Crippen LogP contribution in [-0.4, -0.2) is 4.98 Å². The topological polar surface area (TPSA) is 48.1 Å². The third kappa shape index (κ3) is 2.55. The molecule has 0 saturated heterocycles. The maximum atomic E-state index is 6.00. The molecule has 3 heteroatoms. The Morgan fingerprint density at radius 1 is 1.05 bits per heavy atom. The second-order valence-corrected chi connectivity index (χ2v) is 5.20. The van der Waals surface area contributed by atoms with Crippen molar-refractivity contribution < 1.29 is 4.74 Å². The Labute approximate surface area is 124 Å². The van der Waals surface area contributed by atoms with Gasteiger partial charge in [-0.1, -0.05) is 18.2 Å². The number of nitrogens with zero attached hydrogens (tertiary/aromatic N) is 1. The van der Waals surface area contributed by atoms with Crippen LogP contribution in [0.5, 0.6) is 5.75 Å². The fourth-order valence-corrected chi connectivity index (χ4v) is 2.41. The minimum atomic E-state index is 0.484. The van der Waals surface area contributed by atoms with Gasteiger partial charge < -0.3 is 10.5 Å². The zero-order valence-electron chi connectivity index (χ0n) is 12.3. The van der Waals surface area contributed by atoms with Gasteiger partial charge in [0, 0.05) is 22.8 Å². The normalized spacial score (nSPS) is 10.8. The number of hydrogen-bond donors (Lipinski definition) is 1. The van der Waals surface area contributed by atoms with E-state index in [0.29, 0.717) is 6.61 Å². The molecule has 3 rings (SSSR count). The van der Waals surface area contributed by atoms with E-state index in [1.165, 1.54) is 11.1 Å². The molecule has 2 aromatic carbocycles. The number of rotatable bonds is 3. The number of nitrogens with two attached hydrogens (primary N) is 1. The average molecular weight is 278 g/mol. The molecule has 0 aliphatic carbocycles. The Morgan fingerprint density at radius 2 is 1.90 bits per heavy atom. The van der Waals surface area contributed by atoms with Gasteiger partial charge in [-0.05, 0) is 49.2 Å². The molecule has 1 heterocycles. The van der Waals surface area contributed by atoms with Crippen molar-refractivity contribution in [3.63, 3.8) is 0 Å². The van der Waals surface area contributed by atoms with Crippen LogP contribution in [-0.2, 0) is 6.61 Å². The van der Waals surface area contributed by atoms with E-state index in [-0.39, 0.29) is 0 Å². The quantitative estimate of drug-likeness (QED) is 0.736. The number of aryl methyl sites for hydroxylation is 1. The SMILES string of the molecule is Cc1cccc(OCc2ccc(N)c3cccnc23)c1C. The molecule has 0 aliphatic rings. The number of nitrogen functional groups attached to an aromatic ring is 1. The Balaban J connectivity index is 1.92. The van der Waals surface area contributed by atoms with E-state index in [1.54, 1.807) is 6.20 Å². The van der Waals surface area contributed by atoms with Crippen LogP contribution in [0.3, 0.4) is 0 Å². The third-order valence-corrected chi connectivity index (χ3v) is 3.83. The standard InChI is InChI=1S/C18H18N2O/c1-12-5-3-7-17(13(12)2)21-11-14-8-9-16(19)15-6-4-10-20-18(14)15/h3-10H,11,19H2,1-2H3. The summed E-state index contributed by atoms with van der Waals surface area (Å²) in [5.41, 5.74) is 11.1. The highest BCUT2D eigenvalue weighted by molar-refractivity contribution is 5.92. The minimum absolute atomic E-state index is 0.484. The predicted molar refractivity (Wildman–Crippen MR) is 86.4 cm³/mol. The fraction of sp³-hybridized carbons (Fsp3) is 0.167. The number of pyridine rings is 1. The van der Waals surface area contributed by atoms with Gasteiger partial charge in [0.1, 0.15) is 12.4 Å². The van der Waals surface area contributed by atoms with Gasteiger partial charge in [0.05, 0.1) is 5.52 Å². The van der Waals surface area contributed by atoms with Crippen LogP contribution in [0.15, 0.2) is 48.7 Å². The van der Waals surface area contributed by atoms with Crippen LogP contribution >= 0.6 is 0 Å². The first kappa shape index (κ1) is 13.4. The van der Waals surface area contributed by atoms with E-state index in [0.717, 1.165) is 27.9 Å². The molecule has 1 aromatic heterocycles. The first-order valence-corrected chi connectivity index (χ1v) is 6.98. The molecule has 0 bridgehead atoms. The second-order valence-electron chi connectivity index (χ2n) is 5.20. The van der Waals surface area contributed by atoms with Crippen LogP contribution < -0.4 is 10.5 Å². The fourth-order valence-electron chi connectivity index (χ4n) is 2.41. The molecule has 106 valence electrons. The minimum Gasteiger partial charge on any atom is -0.489 e. The smallest absolute Gasteiger partial charge is 0.122 e. The number of anilines is 1. The monoisotopic (exact) mass is 278 g/mol. The Bertz CT molecular complexity index is 796. The summed E-state index contributed by atoms with van der Waals surface area (Å²) in [5.74, 6) is 0.913. The third-order valence-electron chi connectivity index (χ3n) is 3.83. The van der Waals surface area contributed by atoms with Gasteiger partial charge in [-0.25, -0.2) is 0 Å². The molecule has 3 aromatic rings. The van der Waals surface area contributed by atoms with E-state index in [9.17, 15) is 0 Å². The highest BCUT2D eigenvalue weighted by Gasteiger charge is 2.07. The maximum absolute atomic E-state index is 6.00. The van der Waals surface area contributed by atoms with Crippen molar-refractivity contribution in [3.05, 3.63) is 65.4 Å². The van der Waals surface area contributed by atoms with Crippen LogP contribution in [0.2, 0.25) is 0 Å². The molecule has 21 heavy (non-hydrogen) atoms. The number of hydrogen-bond acceptors (Lipinski definition) is 3. The molecule has 3 nitrogen and oxygen atoms in total. The zero-order chi connectivity index (χ0) is 14.8. The Kier molecular flexibility index (Phi) is 3.48. The summed E-state index contributed by atoms with van der Waals surface area (Å²) in [4.78, 5) is 4.43. The number of aromatic nitrogens is 1. The van der Waals surface area contributed by atoms with Gasteiger partial charge in [0.2, 0.25) is 0 Å². The molecule has 2 N–H and O–H groups in total. The van der Waals surface area contributed by atoms with E-state index in [4.69, 9.17) is 10.5 Å². The lowest BCUT2D eigenvalue weighted by atomic mass is 10.1. The summed E-state index contributed by atoms with van der Waals surface area (Å²) in [6.07, 6.45) is 1.78. The largest absolute Gasteiger partial charge is 0.489 e. The summed E-state index contributed by atoms with van der Waals surface area (Å²) in [7, 11) is 0. The number of ether oxygens (including phenoxy) is 1. The van der Waals surface area contributed by atoms with E-state index < -0.39 is 0 Å². The molecule has 0 fully saturated rings. The van der Waals surface area contributed by atoms with Gasteiger partial charge in [0.25, 0.3) is 0 Å². The van der Waals surface area contributed by atoms with E-state index in [2.05, 4.69) is 24.9 Å². The van der Waals surface area contributed by atoms with Crippen molar-refractivity contribution >= 4 is 16.6 Å². The van der Waals surface area contributed by atoms with Gasteiger partial charge in [-0.15, -0.1) is 0 Å². The molecule has 0 spiro atoms. The van der Waals surface area contributed by atoms with Crippen LogP contribution in [0.1, 0.15) is 16.7 Å². The Hall–Kier alpha value is -2.55. The molecular formula is C18H18N2O. The van der Waals surface area contributed by atoms with Crippen molar-refractivity contribution in [1.82, 2.24) is 4.98 Å². The summed E-state index contributed by atoms with van der Waals surface area (Å²) >= 11 is 0. The highest BCUT2D eigenvalue weighted by Crippen LogP contribution is 2.25. The molecular weight excluding hydrogens is 260 g/mol. The lowest BCUT2D eigenvalue weighted by molar-refractivity contribution is 0.305. The predicted octanol–water partition coefficient (Wildman–Crippen LogP) is 4.01. The van der Waals surface area contributed by atoms with Crippen LogP contribution in [0, 0.1) is 13.8 Å². The summed E-state index contributed by atoms with van der Waals surface area (Å²) in [6, 6.07) is 13.9. The zero-order valence-corrected chi connectivity index (χ0v) is 12.3. The van der Waals surface area contributed by atoms with Crippen molar-refractivity contribution in [1.29, 1.82) is 0 Å². The lowest BCUT2D eigenvalue weighted by Gasteiger charge is -2.12. The molecule has 0 amide bonds. The molecule has 0 atom stereocenters. The van der Waals surface area contributed by atoms with Gasteiger partial charge >= 0.3 is 0 Å². The first-order chi connectivity index (χ1) is 10.2. The van der Waals surface area contributed by atoms with Crippen LogP contribution in [0.4, 0.5) is 5.69 Å². The van der Waals surface area contributed by atoms with Crippen molar-refractivity contribution in [2.75, 3.05) is 5.73 Å². The van der Waals surface area contributed by atoms with Gasteiger partial charge in [-0.3, -0.25) is 4.98 Å². The lowest BCUT2D eigenvalue weighted by Crippen LogP contribution is -2.00. The summed E-state index contributed by atoms with van der Waals surface area (Å²) in [5, 5.41) is 0.972. The average Bonchev–Trinajstić information content (AvgIpc) is 2.51. The molecule has 0 aliphatic heterocycles. The van der Waals surface area contributed by atoms with Crippen LogP contribution in [0.25, 0.3) is 10.9 Å². The second kappa shape index (κ2) is 5.44. The van der Waals surface area contributed by atoms with E-state index >= 15 is 0 Å². The Morgan fingerprint density at radius 3 is 2.76 bits per heavy atom. The van der Waals surface area contributed by atoms with Crippen molar-refractivity contribution in [2.45, 2.75) is 20.5 Å². The number of fused-ring (bicyclic) bond motifs is 1. The molecule has 0 radical (unpaired) electrons. The maximum Gasteiger partial charge on any atom is 0.122 e. The summed E-state index contributed by atoms with van der Waals surface area (Å²) in [6.45, 7) is 4.64. The molecule has 0 unspecified atom stereocenters. The summed E-state index contributed by atoms with van der Waals surface area (Å²) < 4.78 is 5.97. The number of benzene rings is 2.